The van der Waals surface area contributed by atoms with Gasteiger partial charge in [-0.1, -0.05) is 12.1 Å². The summed E-state index contributed by atoms with van der Waals surface area (Å²) < 4.78 is 43.8. The highest BCUT2D eigenvalue weighted by molar-refractivity contribution is 7.92. The van der Waals surface area contributed by atoms with Crippen molar-refractivity contribution in [3.8, 4) is 11.5 Å². The van der Waals surface area contributed by atoms with Gasteiger partial charge in [-0.3, -0.25) is 9.10 Å². The highest BCUT2D eigenvalue weighted by Crippen LogP contribution is 2.32. The van der Waals surface area contributed by atoms with Crippen LogP contribution in [0.3, 0.4) is 0 Å². The van der Waals surface area contributed by atoms with E-state index in [1.165, 1.54) is 26.4 Å². The number of methoxy groups -OCH3 is 2. The fourth-order valence-electron chi connectivity index (χ4n) is 3.23. The number of sulfonamides is 1. The predicted molar refractivity (Wildman–Crippen MR) is 113 cm³/mol. The van der Waals surface area contributed by atoms with Gasteiger partial charge in [0.25, 0.3) is 10.0 Å². The maximum absolute atomic E-state index is 13.4. The largest absolute Gasteiger partial charge is 0.497 e. The Morgan fingerprint density at radius 1 is 1.13 bits per heavy atom. The molecule has 1 fully saturated rings. The molecule has 2 aromatic carbocycles. The summed E-state index contributed by atoms with van der Waals surface area (Å²) in [7, 11) is -1.08. The van der Waals surface area contributed by atoms with Gasteiger partial charge in [-0.2, -0.15) is 0 Å². The van der Waals surface area contributed by atoms with Gasteiger partial charge in [-0.15, -0.1) is 0 Å². The maximum Gasteiger partial charge on any atom is 0.264 e. The molecule has 1 aliphatic rings. The van der Waals surface area contributed by atoms with Crippen LogP contribution in [0.2, 0.25) is 0 Å². The molecule has 0 aliphatic carbocycles. The molecule has 0 radical (unpaired) electrons. The van der Waals surface area contributed by atoms with Crippen molar-refractivity contribution in [3.05, 3.63) is 48.5 Å². The third-order valence-corrected chi connectivity index (χ3v) is 6.61. The SMILES string of the molecule is COc1ccc(S(=O)(=O)N(CC(=O)NCC2CCCO2)c2ccccc2OC)cc1. The molecule has 0 spiro atoms. The molecule has 1 aliphatic heterocycles. The molecule has 1 N–H and O–H groups in total. The molecule has 0 saturated carbocycles. The Labute approximate surface area is 176 Å². The maximum atomic E-state index is 13.4. The van der Waals surface area contributed by atoms with Gasteiger partial charge in [0.15, 0.2) is 0 Å². The second-order valence-electron chi connectivity index (χ2n) is 6.80. The van der Waals surface area contributed by atoms with E-state index in [9.17, 15) is 13.2 Å². The number of hydrogen-bond acceptors (Lipinski definition) is 6. The van der Waals surface area contributed by atoms with Gasteiger partial charge < -0.3 is 19.5 Å². The van der Waals surface area contributed by atoms with Gasteiger partial charge in [-0.05, 0) is 49.2 Å². The number of amides is 1. The van der Waals surface area contributed by atoms with Crippen molar-refractivity contribution >= 4 is 21.6 Å². The number of carbonyl (C=O) groups is 1. The number of anilines is 1. The van der Waals surface area contributed by atoms with Gasteiger partial charge in [0.2, 0.25) is 5.91 Å². The smallest absolute Gasteiger partial charge is 0.264 e. The van der Waals surface area contributed by atoms with E-state index in [2.05, 4.69) is 5.32 Å². The standard InChI is InChI=1S/C21H26N2O6S/c1-27-16-9-11-18(12-10-16)30(25,26)23(19-7-3-4-8-20(19)28-2)15-21(24)22-14-17-6-5-13-29-17/h3-4,7-12,17H,5-6,13-15H2,1-2H3,(H,22,24). The van der Waals surface area contributed by atoms with Crippen LogP contribution >= 0.6 is 0 Å². The lowest BCUT2D eigenvalue weighted by atomic mass is 10.2. The zero-order valence-corrected chi connectivity index (χ0v) is 17.9. The molecular formula is C21H26N2O6S. The van der Waals surface area contributed by atoms with Crippen molar-refractivity contribution < 1.29 is 27.4 Å². The molecule has 1 amide bonds. The second-order valence-corrected chi connectivity index (χ2v) is 8.66. The molecular weight excluding hydrogens is 408 g/mol. The number of ether oxygens (including phenoxy) is 3. The van der Waals surface area contributed by atoms with Crippen LogP contribution in [-0.2, 0) is 19.6 Å². The summed E-state index contributed by atoms with van der Waals surface area (Å²) in [5.41, 5.74) is 0.281. The number of para-hydroxylation sites is 2. The molecule has 3 rings (SSSR count). The second kappa shape index (κ2) is 9.82. The van der Waals surface area contributed by atoms with Crippen LogP contribution in [0.25, 0.3) is 0 Å². The van der Waals surface area contributed by atoms with E-state index < -0.39 is 15.9 Å². The van der Waals surface area contributed by atoms with Crippen molar-refractivity contribution in [3.63, 3.8) is 0 Å². The van der Waals surface area contributed by atoms with Crippen LogP contribution in [0, 0.1) is 0 Å². The van der Waals surface area contributed by atoms with Gasteiger partial charge in [0.05, 0.1) is 30.9 Å². The minimum atomic E-state index is -4.04. The Hall–Kier alpha value is -2.78. The quantitative estimate of drug-likeness (QED) is 0.650. The fourth-order valence-corrected chi connectivity index (χ4v) is 4.66. The van der Waals surface area contributed by atoms with Gasteiger partial charge >= 0.3 is 0 Å². The number of carbonyl (C=O) groups excluding carboxylic acids is 1. The summed E-state index contributed by atoms with van der Waals surface area (Å²) in [6.07, 6.45) is 1.80. The first-order valence-corrected chi connectivity index (χ1v) is 11.1. The molecule has 0 aromatic heterocycles. The van der Waals surface area contributed by atoms with Crippen molar-refractivity contribution in [1.82, 2.24) is 5.32 Å². The zero-order chi connectivity index (χ0) is 21.6. The molecule has 2 aromatic rings. The topological polar surface area (TPSA) is 94.2 Å². The van der Waals surface area contributed by atoms with Crippen LogP contribution in [0.4, 0.5) is 5.69 Å². The molecule has 162 valence electrons. The molecule has 30 heavy (non-hydrogen) atoms. The van der Waals surface area contributed by atoms with Crippen LogP contribution in [0.15, 0.2) is 53.4 Å². The summed E-state index contributed by atoms with van der Waals surface area (Å²) in [5, 5.41) is 2.77. The third kappa shape index (κ3) is 5.03. The van der Waals surface area contributed by atoms with E-state index in [1.807, 2.05) is 0 Å². The van der Waals surface area contributed by atoms with Crippen molar-refractivity contribution in [2.24, 2.45) is 0 Å². The predicted octanol–water partition coefficient (Wildman–Crippen LogP) is 2.19. The number of rotatable bonds is 9. The molecule has 9 heteroatoms. The summed E-state index contributed by atoms with van der Waals surface area (Å²) in [4.78, 5) is 12.7. The lowest BCUT2D eigenvalue weighted by Crippen LogP contribution is -2.43. The minimum Gasteiger partial charge on any atom is -0.497 e. The molecule has 8 nitrogen and oxygen atoms in total. The molecule has 1 atom stereocenters. The van der Waals surface area contributed by atoms with Crippen LogP contribution in [-0.4, -0.2) is 54.3 Å². The Morgan fingerprint density at radius 2 is 1.87 bits per heavy atom. The van der Waals surface area contributed by atoms with E-state index in [0.717, 1.165) is 17.1 Å². The van der Waals surface area contributed by atoms with Crippen molar-refractivity contribution in [2.45, 2.75) is 23.8 Å². The summed E-state index contributed by atoms with van der Waals surface area (Å²) in [5.74, 6) is 0.460. The van der Waals surface area contributed by atoms with Crippen molar-refractivity contribution in [2.75, 3.05) is 38.2 Å². The van der Waals surface area contributed by atoms with Gasteiger partial charge in [0.1, 0.15) is 18.0 Å². The first-order chi connectivity index (χ1) is 14.5. The number of nitrogens with zero attached hydrogens (tertiary/aromatic N) is 1. The first-order valence-electron chi connectivity index (χ1n) is 9.64. The average molecular weight is 435 g/mol. The first kappa shape index (κ1) is 21.9. The average Bonchev–Trinajstić information content (AvgIpc) is 3.29. The monoisotopic (exact) mass is 434 g/mol. The number of benzene rings is 2. The third-order valence-electron chi connectivity index (χ3n) is 4.84. The minimum absolute atomic E-state index is 0.0353. The molecule has 0 bridgehead atoms. The van der Waals surface area contributed by atoms with Crippen LogP contribution in [0.1, 0.15) is 12.8 Å². The summed E-state index contributed by atoms with van der Waals surface area (Å²) >= 11 is 0. The summed E-state index contributed by atoms with van der Waals surface area (Å²) in [6, 6.07) is 12.7. The Balaban J connectivity index is 1.89. The zero-order valence-electron chi connectivity index (χ0n) is 17.0. The fraction of sp³-hybridized carbons (Fsp3) is 0.381. The van der Waals surface area contributed by atoms with E-state index in [0.29, 0.717) is 24.7 Å². The lowest BCUT2D eigenvalue weighted by Gasteiger charge is -2.26. The van der Waals surface area contributed by atoms with E-state index in [4.69, 9.17) is 14.2 Å². The number of nitrogens with one attached hydrogen (secondary N) is 1. The van der Waals surface area contributed by atoms with E-state index >= 15 is 0 Å². The van der Waals surface area contributed by atoms with Gasteiger partial charge in [0, 0.05) is 13.2 Å². The van der Waals surface area contributed by atoms with E-state index in [-0.39, 0.29) is 23.2 Å². The Kier molecular flexibility index (Phi) is 7.17. The Morgan fingerprint density at radius 3 is 2.50 bits per heavy atom. The normalized spacial score (nSPS) is 16.1. The van der Waals surface area contributed by atoms with E-state index in [1.54, 1.807) is 36.4 Å². The van der Waals surface area contributed by atoms with Crippen LogP contribution < -0.4 is 19.1 Å². The molecule has 1 heterocycles. The molecule has 1 unspecified atom stereocenters. The van der Waals surface area contributed by atoms with Gasteiger partial charge in [-0.25, -0.2) is 8.42 Å². The van der Waals surface area contributed by atoms with Crippen LogP contribution in [0.5, 0.6) is 11.5 Å². The van der Waals surface area contributed by atoms with Crippen molar-refractivity contribution in [1.29, 1.82) is 0 Å². The lowest BCUT2D eigenvalue weighted by molar-refractivity contribution is -0.120. The Bertz CT molecular complexity index is 956. The summed E-state index contributed by atoms with van der Waals surface area (Å²) in [6.45, 7) is 0.641. The number of hydrogen-bond donors (Lipinski definition) is 1. The highest BCUT2D eigenvalue weighted by Gasteiger charge is 2.29. The molecule has 1 saturated heterocycles. The highest BCUT2D eigenvalue weighted by atomic mass is 32.2.